The van der Waals surface area contributed by atoms with Crippen LogP contribution in [0.25, 0.3) is 10.3 Å². The molecule has 188 valence electrons. The van der Waals surface area contributed by atoms with Gasteiger partial charge in [-0.3, -0.25) is 0 Å². The molecule has 1 atom stereocenters. The predicted octanol–water partition coefficient (Wildman–Crippen LogP) is 4.32. The Balaban J connectivity index is 1.50. The van der Waals surface area contributed by atoms with E-state index in [1.54, 1.807) is 18.1 Å². The van der Waals surface area contributed by atoms with Crippen LogP contribution in [-0.4, -0.2) is 76.8 Å². The highest BCUT2D eigenvalue weighted by Gasteiger charge is 2.30. The number of ether oxygens (including phenoxy) is 2. The topological polar surface area (TPSA) is 105 Å². The third kappa shape index (κ3) is 6.70. The number of pyridine rings is 2. The van der Waals surface area contributed by atoms with E-state index in [1.165, 1.54) is 11.3 Å². The summed E-state index contributed by atoms with van der Waals surface area (Å²) in [6.07, 6.45) is 0.548. The van der Waals surface area contributed by atoms with Gasteiger partial charge in [0.2, 0.25) is 5.88 Å². The minimum absolute atomic E-state index is 0.0941. The number of fused-ring (bicyclic) bond motifs is 1. The summed E-state index contributed by atoms with van der Waals surface area (Å²) < 4.78 is 10.7. The van der Waals surface area contributed by atoms with Gasteiger partial charge in [-0.05, 0) is 65.0 Å². The number of aromatic nitrogens is 3. The molecule has 2 N–H and O–H groups in total. The van der Waals surface area contributed by atoms with E-state index in [2.05, 4.69) is 25.5 Å². The molecule has 1 aliphatic rings. The lowest BCUT2D eigenvalue weighted by molar-refractivity contribution is 0.0293. The number of likely N-dealkylation sites (tertiary alicyclic amines) is 1. The Morgan fingerprint density at radius 1 is 1.20 bits per heavy atom. The highest BCUT2D eigenvalue weighted by Crippen LogP contribution is 2.29. The molecular formula is C24H33N7O3S. The Labute approximate surface area is 209 Å². The maximum absolute atomic E-state index is 12.4. The van der Waals surface area contributed by atoms with Crippen molar-refractivity contribution in [3.63, 3.8) is 0 Å². The fourth-order valence-corrected chi connectivity index (χ4v) is 4.67. The van der Waals surface area contributed by atoms with Crippen molar-refractivity contribution in [3.05, 3.63) is 29.8 Å². The Bertz CT molecular complexity index is 1190. The van der Waals surface area contributed by atoms with E-state index in [0.717, 1.165) is 34.7 Å². The summed E-state index contributed by atoms with van der Waals surface area (Å²) in [6, 6.07) is 7.85. The van der Waals surface area contributed by atoms with Crippen molar-refractivity contribution >= 4 is 44.5 Å². The third-order valence-electron chi connectivity index (χ3n) is 5.25. The zero-order valence-electron chi connectivity index (χ0n) is 21.1. The van der Waals surface area contributed by atoms with E-state index in [0.29, 0.717) is 29.9 Å². The zero-order chi connectivity index (χ0) is 25.2. The van der Waals surface area contributed by atoms with Crippen LogP contribution in [0, 0.1) is 0 Å². The standard InChI is InChI=1S/C24H33N7O3S/c1-24(2,3)34-23(32)31-10-9-16(14-31)25-18-11-15(13-30(4)5)12-19(27-18)28-22-26-17-7-8-20(33-6)29-21(17)35-22/h7-8,11-12,16H,9-10,13-14H2,1-6H3,(H2,25,26,27,28). The first-order chi connectivity index (χ1) is 16.6. The molecule has 0 saturated carbocycles. The summed E-state index contributed by atoms with van der Waals surface area (Å²) >= 11 is 1.45. The molecule has 4 rings (SSSR count). The molecule has 1 aliphatic heterocycles. The van der Waals surface area contributed by atoms with Gasteiger partial charge in [0.15, 0.2) is 5.13 Å². The van der Waals surface area contributed by atoms with Crippen molar-refractivity contribution in [3.8, 4) is 5.88 Å². The molecule has 1 unspecified atom stereocenters. The maximum atomic E-state index is 12.4. The molecular weight excluding hydrogens is 466 g/mol. The Morgan fingerprint density at radius 2 is 1.97 bits per heavy atom. The molecule has 1 saturated heterocycles. The largest absolute Gasteiger partial charge is 0.481 e. The van der Waals surface area contributed by atoms with E-state index >= 15 is 0 Å². The average Bonchev–Trinajstić information content (AvgIpc) is 3.37. The van der Waals surface area contributed by atoms with E-state index in [4.69, 9.17) is 14.5 Å². The first kappa shape index (κ1) is 24.9. The summed E-state index contributed by atoms with van der Waals surface area (Å²) in [4.78, 5) is 30.9. The number of rotatable bonds is 7. The van der Waals surface area contributed by atoms with Gasteiger partial charge in [-0.25, -0.2) is 19.7 Å². The molecule has 3 aromatic heterocycles. The van der Waals surface area contributed by atoms with Crippen LogP contribution in [0.1, 0.15) is 32.8 Å². The lowest BCUT2D eigenvalue weighted by atomic mass is 10.2. The monoisotopic (exact) mass is 499 g/mol. The Morgan fingerprint density at radius 3 is 2.69 bits per heavy atom. The fourth-order valence-electron chi connectivity index (χ4n) is 3.84. The smallest absolute Gasteiger partial charge is 0.410 e. The van der Waals surface area contributed by atoms with Gasteiger partial charge in [-0.1, -0.05) is 11.3 Å². The fraction of sp³-hybridized carbons (Fsp3) is 0.500. The van der Waals surface area contributed by atoms with Gasteiger partial charge < -0.3 is 29.9 Å². The van der Waals surface area contributed by atoms with E-state index in [-0.39, 0.29) is 12.1 Å². The minimum Gasteiger partial charge on any atom is -0.481 e. The van der Waals surface area contributed by atoms with E-state index in [1.807, 2.05) is 53.1 Å². The van der Waals surface area contributed by atoms with Crippen LogP contribution in [0.3, 0.4) is 0 Å². The van der Waals surface area contributed by atoms with Crippen LogP contribution in [-0.2, 0) is 11.3 Å². The van der Waals surface area contributed by atoms with Crippen LogP contribution in [0.4, 0.5) is 21.6 Å². The molecule has 0 spiro atoms. The van der Waals surface area contributed by atoms with Gasteiger partial charge in [0.25, 0.3) is 0 Å². The van der Waals surface area contributed by atoms with E-state index < -0.39 is 5.60 Å². The van der Waals surface area contributed by atoms with Crippen LogP contribution in [0.15, 0.2) is 24.3 Å². The molecule has 4 heterocycles. The van der Waals surface area contributed by atoms with Crippen LogP contribution < -0.4 is 15.4 Å². The Hall–Kier alpha value is -3.18. The molecule has 0 aromatic carbocycles. The second kappa shape index (κ2) is 10.2. The first-order valence-electron chi connectivity index (χ1n) is 11.6. The SMILES string of the molecule is COc1ccc2nc(Nc3cc(CN(C)C)cc(NC4CCN(C(=O)OC(C)(C)C)C4)n3)sc2n1. The molecule has 0 radical (unpaired) electrons. The highest BCUT2D eigenvalue weighted by atomic mass is 32.1. The number of nitrogens with one attached hydrogen (secondary N) is 2. The molecule has 1 fully saturated rings. The minimum atomic E-state index is -0.507. The van der Waals surface area contributed by atoms with Crippen molar-refractivity contribution in [1.29, 1.82) is 0 Å². The second-order valence-electron chi connectivity index (χ2n) is 9.86. The van der Waals surface area contributed by atoms with E-state index in [9.17, 15) is 4.79 Å². The van der Waals surface area contributed by atoms with Gasteiger partial charge in [0, 0.05) is 31.7 Å². The highest BCUT2D eigenvalue weighted by molar-refractivity contribution is 7.21. The predicted molar refractivity (Wildman–Crippen MR) is 139 cm³/mol. The van der Waals surface area contributed by atoms with Crippen LogP contribution in [0.2, 0.25) is 0 Å². The zero-order valence-corrected chi connectivity index (χ0v) is 21.9. The maximum Gasteiger partial charge on any atom is 0.410 e. The summed E-state index contributed by atoms with van der Waals surface area (Å²) in [7, 11) is 5.66. The van der Waals surface area contributed by atoms with Gasteiger partial charge in [0.1, 0.15) is 27.6 Å². The number of nitrogens with zero attached hydrogens (tertiary/aromatic N) is 5. The number of carbonyl (C=O) groups excluding carboxylic acids is 1. The third-order valence-corrected chi connectivity index (χ3v) is 6.13. The van der Waals surface area contributed by atoms with Crippen LogP contribution in [0.5, 0.6) is 5.88 Å². The molecule has 10 nitrogen and oxygen atoms in total. The number of amides is 1. The van der Waals surface area contributed by atoms with Gasteiger partial charge in [0.05, 0.1) is 7.11 Å². The van der Waals surface area contributed by atoms with Crippen molar-refractivity contribution in [2.45, 2.75) is 45.4 Å². The summed E-state index contributed by atoms with van der Waals surface area (Å²) in [5, 5.41) is 7.55. The number of hydrogen-bond donors (Lipinski definition) is 2. The second-order valence-corrected chi connectivity index (χ2v) is 10.8. The lowest BCUT2D eigenvalue weighted by Gasteiger charge is -2.24. The summed E-state index contributed by atoms with van der Waals surface area (Å²) in [5.41, 5.74) is 1.40. The number of methoxy groups -OCH3 is 1. The number of hydrogen-bond acceptors (Lipinski definition) is 10. The summed E-state index contributed by atoms with van der Waals surface area (Å²) in [5.74, 6) is 2.01. The number of carbonyl (C=O) groups is 1. The normalized spacial score (nSPS) is 16.1. The Kier molecular flexibility index (Phi) is 7.27. The number of anilines is 3. The quantitative estimate of drug-likeness (QED) is 0.492. The van der Waals surface area contributed by atoms with Crippen molar-refractivity contribution < 1.29 is 14.3 Å². The molecule has 0 bridgehead atoms. The lowest BCUT2D eigenvalue weighted by Crippen LogP contribution is -2.36. The molecule has 35 heavy (non-hydrogen) atoms. The van der Waals surface area contributed by atoms with Crippen molar-refractivity contribution in [2.75, 3.05) is 44.9 Å². The molecule has 3 aromatic rings. The molecule has 11 heteroatoms. The summed E-state index contributed by atoms with van der Waals surface area (Å²) in [6.45, 7) is 7.62. The molecule has 1 amide bonds. The number of thiazole rings is 1. The van der Waals surface area contributed by atoms with Crippen LogP contribution >= 0.6 is 11.3 Å². The first-order valence-corrected chi connectivity index (χ1v) is 12.4. The van der Waals surface area contributed by atoms with Gasteiger partial charge >= 0.3 is 6.09 Å². The van der Waals surface area contributed by atoms with Gasteiger partial charge in [-0.2, -0.15) is 0 Å². The van der Waals surface area contributed by atoms with Gasteiger partial charge in [-0.15, -0.1) is 0 Å². The van der Waals surface area contributed by atoms with Crippen molar-refractivity contribution in [1.82, 2.24) is 24.8 Å². The van der Waals surface area contributed by atoms with Crippen molar-refractivity contribution in [2.24, 2.45) is 0 Å². The average molecular weight is 500 g/mol. The molecule has 0 aliphatic carbocycles.